The summed E-state index contributed by atoms with van der Waals surface area (Å²) in [7, 11) is 0. The van der Waals surface area contributed by atoms with Crippen LogP contribution in [0.2, 0.25) is 0 Å². The van der Waals surface area contributed by atoms with Crippen molar-refractivity contribution in [2.24, 2.45) is 0 Å². The van der Waals surface area contributed by atoms with Gasteiger partial charge in [0, 0.05) is 29.3 Å². The van der Waals surface area contributed by atoms with Gasteiger partial charge in [0.15, 0.2) is 0 Å². The third-order valence-electron chi connectivity index (χ3n) is 4.53. The van der Waals surface area contributed by atoms with Gasteiger partial charge in [0.05, 0.1) is 11.2 Å². The summed E-state index contributed by atoms with van der Waals surface area (Å²) in [6, 6.07) is 10.6. The van der Waals surface area contributed by atoms with Crippen molar-refractivity contribution in [1.29, 1.82) is 0 Å². The molecule has 25 heavy (non-hydrogen) atoms. The number of aromatic nitrogens is 3. The first kappa shape index (κ1) is 15.7. The summed E-state index contributed by atoms with van der Waals surface area (Å²) < 4.78 is 19.5. The van der Waals surface area contributed by atoms with E-state index in [1.807, 2.05) is 18.2 Å². The summed E-state index contributed by atoms with van der Waals surface area (Å²) in [6.45, 7) is 0. The molecule has 0 amide bonds. The Morgan fingerprint density at radius 1 is 1.08 bits per heavy atom. The zero-order chi connectivity index (χ0) is 17.2. The second-order valence-corrected chi connectivity index (χ2v) is 6.28. The predicted octanol–water partition coefficient (Wildman–Crippen LogP) is 4.06. The van der Waals surface area contributed by atoms with E-state index in [9.17, 15) is 9.50 Å². The van der Waals surface area contributed by atoms with Gasteiger partial charge in [-0.3, -0.25) is 4.98 Å². The highest BCUT2D eigenvalue weighted by molar-refractivity contribution is 5.87. The Hall–Kier alpha value is -2.76. The van der Waals surface area contributed by atoms with E-state index in [1.54, 1.807) is 24.4 Å². The Bertz CT molecular complexity index is 885. The molecule has 5 nitrogen and oxygen atoms in total. The second kappa shape index (κ2) is 6.63. The smallest absolute Gasteiger partial charge is 0.233 e. The first-order valence-electron chi connectivity index (χ1n) is 8.43. The van der Waals surface area contributed by atoms with E-state index in [2.05, 4.69) is 15.2 Å². The van der Waals surface area contributed by atoms with Crippen LogP contribution in [0.4, 0.5) is 4.39 Å². The largest absolute Gasteiger partial charge is 0.507 e. The van der Waals surface area contributed by atoms with Crippen LogP contribution in [-0.4, -0.2) is 32.6 Å². The minimum Gasteiger partial charge on any atom is -0.507 e. The molecule has 0 spiro atoms. The fraction of sp³-hybridized carbons (Fsp3) is 0.316. The summed E-state index contributed by atoms with van der Waals surface area (Å²) in [5.41, 5.74) is 1.81. The van der Waals surface area contributed by atoms with Crippen molar-refractivity contribution in [3.8, 4) is 22.9 Å². The molecule has 0 radical (unpaired) electrons. The number of nitrogens with zero attached hydrogens (tertiary/aromatic N) is 3. The molecule has 1 N–H and O–H groups in total. The molecule has 1 unspecified atom stereocenters. The van der Waals surface area contributed by atoms with E-state index < -0.39 is 12.3 Å². The van der Waals surface area contributed by atoms with E-state index in [-0.39, 0.29) is 5.75 Å². The topological polar surface area (TPSA) is 68.1 Å². The minimum atomic E-state index is -0.952. The van der Waals surface area contributed by atoms with Crippen molar-refractivity contribution in [3.63, 3.8) is 0 Å². The van der Waals surface area contributed by atoms with Gasteiger partial charge in [-0.1, -0.05) is 12.5 Å². The Labute approximate surface area is 144 Å². The maximum Gasteiger partial charge on any atom is 0.233 e. The van der Waals surface area contributed by atoms with Crippen LogP contribution in [0.3, 0.4) is 0 Å². The molecular weight excluding hydrogens is 321 g/mol. The van der Waals surface area contributed by atoms with Crippen LogP contribution < -0.4 is 4.74 Å². The van der Waals surface area contributed by atoms with Crippen molar-refractivity contribution in [2.45, 2.75) is 38.0 Å². The third-order valence-corrected chi connectivity index (χ3v) is 4.53. The second-order valence-electron chi connectivity index (χ2n) is 6.28. The van der Waals surface area contributed by atoms with Crippen LogP contribution in [0, 0.1) is 0 Å². The molecule has 1 aliphatic rings. The molecule has 4 rings (SSSR count). The summed E-state index contributed by atoms with van der Waals surface area (Å²) in [6.07, 6.45) is 3.38. The van der Waals surface area contributed by atoms with Crippen molar-refractivity contribution < 1.29 is 14.2 Å². The molecule has 0 saturated heterocycles. The van der Waals surface area contributed by atoms with Crippen molar-refractivity contribution in [3.05, 3.63) is 42.6 Å². The number of phenols is 1. The van der Waals surface area contributed by atoms with Crippen molar-refractivity contribution in [1.82, 2.24) is 15.2 Å². The minimum absolute atomic E-state index is 0.0882. The number of hydrogen-bond donors (Lipinski definition) is 1. The Morgan fingerprint density at radius 2 is 1.96 bits per heavy atom. The van der Waals surface area contributed by atoms with Gasteiger partial charge in [-0.05, 0) is 37.5 Å². The van der Waals surface area contributed by atoms with Gasteiger partial charge in [-0.2, -0.15) is 0 Å². The summed E-state index contributed by atoms with van der Waals surface area (Å²) in [4.78, 5) is 4.21. The fourth-order valence-corrected chi connectivity index (χ4v) is 3.18. The van der Waals surface area contributed by atoms with E-state index in [0.717, 1.165) is 18.2 Å². The average Bonchev–Trinajstić information content (AvgIpc) is 2.64. The van der Waals surface area contributed by atoms with Crippen molar-refractivity contribution in [2.75, 3.05) is 0 Å². The molecule has 1 aromatic carbocycles. The number of benzene rings is 1. The lowest BCUT2D eigenvalue weighted by Gasteiger charge is -2.25. The predicted molar refractivity (Wildman–Crippen MR) is 92.2 cm³/mol. The number of ether oxygens (including phenoxy) is 1. The van der Waals surface area contributed by atoms with Gasteiger partial charge >= 0.3 is 0 Å². The Morgan fingerprint density at radius 3 is 2.76 bits per heavy atom. The summed E-state index contributed by atoms with van der Waals surface area (Å²) in [5.74, 6) is 0.394. The molecule has 2 heterocycles. The van der Waals surface area contributed by atoms with E-state index in [0.29, 0.717) is 35.5 Å². The monoisotopic (exact) mass is 339 g/mol. The standard InChI is InChI=1S/C19H18FN3O2/c20-14-5-1-2-6-18(14)25-19-8-7-15(22-23-19)13-10-12-4-3-9-21-16(12)11-17(13)24/h3-4,7-11,14,18,24H,1-2,5-6H2/t14?,18-/m1/s1. The number of hydrogen-bond acceptors (Lipinski definition) is 5. The van der Waals surface area contributed by atoms with Crippen LogP contribution >= 0.6 is 0 Å². The molecule has 1 fully saturated rings. The van der Waals surface area contributed by atoms with Gasteiger partial charge in [0.25, 0.3) is 0 Å². The van der Waals surface area contributed by atoms with Crippen LogP contribution in [0.15, 0.2) is 42.6 Å². The van der Waals surface area contributed by atoms with Crippen LogP contribution in [0.1, 0.15) is 25.7 Å². The highest BCUT2D eigenvalue weighted by Crippen LogP contribution is 2.32. The van der Waals surface area contributed by atoms with Crippen LogP contribution in [-0.2, 0) is 0 Å². The lowest BCUT2D eigenvalue weighted by molar-refractivity contribution is 0.0594. The quantitative estimate of drug-likeness (QED) is 0.779. The first-order chi connectivity index (χ1) is 12.2. The number of phenolic OH excluding ortho intramolecular Hbond substituents is 1. The van der Waals surface area contributed by atoms with Crippen LogP contribution in [0.25, 0.3) is 22.2 Å². The molecular formula is C19H18FN3O2. The molecule has 2 aromatic heterocycles. The Kier molecular flexibility index (Phi) is 4.17. The van der Waals surface area contributed by atoms with Gasteiger partial charge in [0.1, 0.15) is 18.0 Å². The maximum absolute atomic E-state index is 13.9. The molecule has 128 valence electrons. The molecule has 1 aliphatic carbocycles. The lowest BCUT2D eigenvalue weighted by Crippen LogP contribution is -2.32. The van der Waals surface area contributed by atoms with Crippen LogP contribution in [0.5, 0.6) is 11.6 Å². The molecule has 2 atom stereocenters. The molecule has 1 saturated carbocycles. The van der Waals surface area contributed by atoms with Gasteiger partial charge in [-0.25, -0.2) is 4.39 Å². The van der Waals surface area contributed by atoms with E-state index in [4.69, 9.17) is 4.74 Å². The summed E-state index contributed by atoms with van der Waals surface area (Å²) in [5, 5.41) is 19.3. The fourth-order valence-electron chi connectivity index (χ4n) is 3.18. The number of alkyl halides is 1. The summed E-state index contributed by atoms with van der Waals surface area (Å²) >= 11 is 0. The first-order valence-corrected chi connectivity index (χ1v) is 8.43. The molecule has 6 heteroatoms. The SMILES string of the molecule is Oc1cc2ncccc2cc1-c1ccc(O[C@@H]2CCCCC2F)nn1. The molecule has 3 aromatic rings. The van der Waals surface area contributed by atoms with E-state index in [1.165, 1.54) is 0 Å². The average molecular weight is 339 g/mol. The lowest BCUT2D eigenvalue weighted by atomic mass is 9.96. The number of fused-ring (bicyclic) bond motifs is 1. The maximum atomic E-state index is 13.9. The van der Waals surface area contributed by atoms with Gasteiger partial charge in [-0.15, -0.1) is 10.2 Å². The zero-order valence-electron chi connectivity index (χ0n) is 13.6. The highest BCUT2D eigenvalue weighted by Gasteiger charge is 2.26. The van der Waals surface area contributed by atoms with E-state index >= 15 is 0 Å². The number of pyridine rings is 1. The van der Waals surface area contributed by atoms with Crippen molar-refractivity contribution >= 4 is 10.9 Å². The normalized spacial score (nSPS) is 20.5. The third kappa shape index (κ3) is 3.24. The molecule has 0 aliphatic heterocycles. The van der Waals surface area contributed by atoms with Gasteiger partial charge < -0.3 is 9.84 Å². The zero-order valence-corrected chi connectivity index (χ0v) is 13.6. The highest BCUT2D eigenvalue weighted by atomic mass is 19.1. The van der Waals surface area contributed by atoms with Gasteiger partial charge in [0.2, 0.25) is 5.88 Å². The number of halogens is 1. The number of rotatable bonds is 3. The Balaban J connectivity index is 1.58. The molecule has 0 bridgehead atoms. The number of aromatic hydroxyl groups is 1.